The fourth-order valence-corrected chi connectivity index (χ4v) is 4.32. The van der Waals surface area contributed by atoms with Crippen LogP contribution in [0.3, 0.4) is 0 Å². The average molecular weight is 445 g/mol. The Bertz CT molecular complexity index is 1040. The van der Waals surface area contributed by atoms with Crippen LogP contribution in [0.25, 0.3) is 0 Å². The first-order valence-corrected chi connectivity index (χ1v) is 11.7. The number of carbonyl (C=O) groups is 2. The van der Waals surface area contributed by atoms with Crippen LogP contribution in [0.4, 0.5) is 16.4 Å². The average Bonchev–Trinajstić information content (AvgIpc) is 3.58. The van der Waals surface area contributed by atoms with Crippen LogP contribution in [0.2, 0.25) is 0 Å². The Morgan fingerprint density at radius 1 is 1.03 bits per heavy atom. The smallest absolute Gasteiger partial charge is 0.317 e. The summed E-state index contributed by atoms with van der Waals surface area (Å²) in [6.07, 6.45) is 6.37. The summed E-state index contributed by atoms with van der Waals surface area (Å²) in [5.41, 5.74) is 0.486. The summed E-state index contributed by atoms with van der Waals surface area (Å²) in [4.78, 5) is 34.3. The third-order valence-electron chi connectivity index (χ3n) is 5.21. The normalized spacial score (nSPS) is 18.8. The zero-order valence-electron chi connectivity index (χ0n) is 16.8. The van der Waals surface area contributed by atoms with Crippen LogP contribution in [0.5, 0.6) is 0 Å². The topological polar surface area (TPSA) is 133 Å². The molecule has 2 aliphatic rings. The van der Waals surface area contributed by atoms with Gasteiger partial charge in [0, 0.05) is 37.2 Å². The quantitative estimate of drug-likeness (QED) is 0.622. The lowest BCUT2D eigenvalue weighted by atomic mass is 9.97. The third-order valence-corrected chi connectivity index (χ3v) is 6.55. The zero-order chi connectivity index (χ0) is 21.8. The number of likely N-dealkylation sites (tertiary alicyclic amines) is 1. The van der Waals surface area contributed by atoms with Crippen LogP contribution in [0.1, 0.15) is 25.7 Å². The van der Waals surface area contributed by atoms with Crippen molar-refractivity contribution in [3.8, 4) is 0 Å². The Kier molecular flexibility index (Phi) is 6.03. The van der Waals surface area contributed by atoms with E-state index in [0.29, 0.717) is 25.2 Å². The van der Waals surface area contributed by atoms with Crippen LogP contribution < -0.4 is 15.4 Å². The van der Waals surface area contributed by atoms with Crippen molar-refractivity contribution in [2.75, 3.05) is 23.1 Å². The van der Waals surface area contributed by atoms with Gasteiger partial charge in [0.2, 0.25) is 11.9 Å². The molecular formula is C20H24N6O4S. The maximum Gasteiger partial charge on any atom is 0.317 e. The molecule has 1 saturated carbocycles. The Morgan fingerprint density at radius 3 is 2.42 bits per heavy atom. The van der Waals surface area contributed by atoms with Gasteiger partial charge < -0.3 is 15.5 Å². The van der Waals surface area contributed by atoms with Gasteiger partial charge in [0.1, 0.15) is 0 Å². The van der Waals surface area contributed by atoms with Crippen molar-refractivity contribution in [3.63, 3.8) is 0 Å². The van der Waals surface area contributed by atoms with E-state index in [-0.39, 0.29) is 34.7 Å². The summed E-state index contributed by atoms with van der Waals surface area (Å²) in [7, 11) is -3.84. The molecule has 11 heteroatoms. The fraction of sp³-hybridized carbons (Fsp3) is 0.400. The molecule has 1 saturated heterocycles. The highest BCUT2D eigenvalue weighted by Crippen LogP contribution is 2.23. The number of carbonyl (C=O) groups excluding carboxylic acids is 2. The van der Waals surface area contributed by atoms with Gasteiger partial charge in [0.15, 0.2) is 0 Å². The van der Waals surface area contributed by atoms with E-state index in [4.69, 9.17) is 0 Å². The minimum Gasteiger partial charge on any atom is -0.335 e. The summed E-state index contributed by atoms with van der Waals surface area (Å²) in [5.74, 6) is -0.512. The predicted molar refractivity (Wildman–Crippen MR) is 114 cm³/mol. The Balaban J connectivity index is 1.34. The fourth-order valence-electron chi connectivity index (χ4n) is 3.36. The van der Waals surface area contributed by atoms with E-state index in [0.717, 1.165) is 19.3 Å². The number of hydrogen-bond donors (Lipinski definition) is 3. The predicted octanol–water partition coefficient (Wildman–Crippen LogP) is 1.80. The second-order valence-electron chi connectivity index (χ2n) is 7.70. The SMILES string of the molecule is O=C(Nc1ccc(S(=O)(=O)Nc2ncccn2)cc1)C1CCCN(C(=O)NC2CC2)C1. The minimum absolute atomic E-state index is 0.0209. The number of nitrogens with one attached hydrogen (secondary N) is 3. The number of benzene rings is 1. The van der Waals surface area contributed by atoms with Crippen molar-refractivity contribution < 1.29 is 18.0 Å². The second-order valence-corrected chi connectivity index (χ2v) is 9.38. The maximum atomic E-state index is 12.7. The van der Waals surface area contributed by atoms with E-state index in [2.05, 4.69) is 25.3 Å². The molecule has 2 aromatic rings. The zero-order valence-corrected chi connectivity index (χ0v) is 17.6. The number of aromatic nitrogens is 2. The van der Waals surface area contributed by atoms with Gasteiger partial charge in [0.05, 0.1) is 10.8 Å². The van der Waals surface area contributed by atoms with Crippen molar-refractivity contribution in [1.29, 1.82) is 0 Å². The van der Waals surface area contributed by atoms with Crippen molar-refractivity contribution in [2.45, 2.75) is 36.6 Å². The van der Waals surface area contributed by atoms with Crippen LogP contribution in [-0.2, 0) is 14.8 Å². The van der Waals surface area contributed by atoms with Gasteiger partial charge >= 0.3 is 6.03 Å². The van der Waals surface area contributed by atoms with E-state index in [1.54, 1.807) is 11.0 Å². The lowest BCUT2D eigenvalue weighted by Crippen LogP contribution is -2.48. The number of urea groups is 1. The van der Waals surface area contributed by atoms with Gasteiger partial charge in [-0.05, 0) is 56.0 Å². The Hall–Kier alpha value is -3.21. The Labute approximate surface area is 180 Å². The van der Waals surface area contributed by atoms with Gasteiger partial charge in [-0.3, -0.25) is 4.79 Å². The summed E-state index contributed by atoms with van der Waals surface area (Å²) in [6.45, 7) is 1.02. The van der Waals surface area contributed by atoms with Gasteiger partial charge in [-0.25, -0.2) is 27.9 Å². The number of rotatable bonds is 6. The molecule has 2 heterocycles. The first-order chi connectivity index (χ1) is 14.9. The molecular weight excluding hydrogens is 420 g/mol. The van der Waals surface area contributed by atoms with Crippen molar-refractivity contribution in [1.82, 2.24) is 20.2 Å². The molecule has 164 valence electrons. The summed E-state index contributed by atoms with van der Waals surface area (Å²) in [6, 6.07) is 7.61. The summed E-state index contributed by atoms with van der Waals surface area (Å²) in [5, 5.41) is 5.77. The summed E-state index contributed by atoms with van der Waals surface area (Å²) < 4.78 is 27.2. The number of nitrogens with zero attached hydrogens (tertiary/aromatic N) is 3. The van der Waals surface area contributed by atoms with Crippen LogP contribution in [0.15, 0.2) is 47.6 Å². The number of hydrogen-bond acceptors (Lipinski definition) is 6. The molecule has 3 amide bonds. The molecule has 3 N–H and O–H groups in total. The van der Waals surface area contributed by atoms with Crippen molar-refractivity contribution >= 4 is 33.6 Å². The third kappa shape index (κ3) is 5.48. The standard InChI is InChI=1S/C20H24N6O4S/c27-18(14-3-1-12-26(13-14)20(28)24-16-4-5-16)23-15-6-8-17(9-7-15)31(29,30)25-19-21-10-2-11-22-19/h2,6-11,14,16H,1,3-5,12-13H2,(H,23,27)(H,24,28)(H,21,22,25). The molecule has 0 spiro atoms. The first-order valence-electron chi connectivity index (χ1n) is 10.2. The first kappa shape index (κ1) is 21.0. The molecule has 1 unspecified atom stereocenters. The van der Waals surface area contributed by atoms with E-state index in [1.165, 1.54) is 36.7 Å². The number of anilines is 2. The molecule has 2 fully saturated rings. The molecule has 1 atom stereocenters. The second kappa shape index (κ2) is 8.88. The van der Waals surface area contributed by atoms with E-state index >= 15 is 0 Å². The summed E-state index contributed by atoms with van der Waals surface area (Å²) >= 11 is 0. The molecule has 31 heavy (non-hydrogen) atoms. The molecule has 0 bridgehead atoms. The minimum atomic E-state index is -3.84. The largest absolute Gasteiger partial charge is 0.335 e. The van der Waals surface area contributed by atoms with Gasteiger partial charge in [-0.1, -0.05) is 0 Å². The molecule has 4 rings (SSSR count). The molecule has 0 radical (unpaired) electrons. The molecule has 1 aliphatic heterocycles. The lowest BCUT2D eigenvalue weighted by Gasteiger charge is -2.32. The Morgan fingerprint density at radius 2 is 1.74 bits per heavy atom. The molecule has 1 aromatic heterocycles. The molecule has 10 nitrogen and oxygen atoms in total. The highest BCUT2D eigenvalue weighted by molar-refractivity contribution is 7.92. The van der Waals surface area contributed by atoms with E-state index in [1.807, 2.05) is 0 Å². The lowest BCUT2D eigenvalue weighted by molar-refractivity contribution is -0.121. The van der Waals surface area contributed by atoms with Gasteiger partial charge in [0.25, 0.3) is 10.0 Å². The highest BCUT2D eigenvalue weighted by atomic mass is 32.2. The van der Waals surface area contributed by atoms with Crippen LogP contribution in [-0.4, -0.2) is 54.4 Å². The van der Waals surface area contributed by atoms with Crippen LogP contribution in [0, 0.1) is 5.92 Å². The van der Waals surface area contributed by atoms with Crippen molar-refractivity contribution in [3.05, 3.63) is 42.7 Å². The number of piperidine rings is 1. The highest BCUT2D eigenvalue weighted by Gasteiger charge is 2.31. The van der Waals surface area contributed by atoms with E-state index in [9.17, 15) is 18.0 Å². The van der Waals surface area contributed by atoms with Crippen molar-refractivity contribution in [2.24, 2.45) is 5.92 Å². The van der Waals surface area contributed by atoms with Gasteiger partial charge in [-0.2, -0.15) is 0 Å². The van der Waals surface area contributed by atoms with E-state index < -0.39 is 10.0 Å². The maximum absolute atomic E-state index is 12.7. The van der Waals surface area contributed by atoms with Gasteiger partial charge in [-0.15, -0.1) is 0 Å². The number of sulfonamides is 1. The number of amides is 3. The molecule has 1 aliphatic carbocycles. The molecule has 1 aromatic carbocycles. The van der Waals surface area contributed by atoms with Crippen LogP contribution >= 0.6 is 0 Å². The monoisotopic (exact) mass is 444 g/mol.